The Hall–Kier alpha value is -4.42. The van der Waals surface area contributed by atoms with Gasteiger partial charge in [0.1, 0.15) is 0 Å². The van der Waals surface area contributed by atoms with Gasteiger partial charge in [0.25, 0.3) is 0 Å². The van der Waals surface area contributed by atoms with Crippen LogP contribution in [-0.2, 0) is 6.42 Å². The van der Waals surface area contributed by atoms with Gasteiger partial charge in [-0.2, -0.15) is 0 Å². The molecule has 0 nitrogen and oxygen atoms in total. The lowest BCUT2D eigenvalue weighted by atomic mass is 9.82. The predicted octanol–water partition coefficient (Wildman–Crippen LogP) is 10.2. The fraction of sp³-hybridized carbons (Fsp3) is 0.105. The Kier molecular flexibility index (Phi) is 4.73. The summed E-state index contributed by atoms with van der Waals surface area (Å²) >= 11 is 0. The largest absolute Gasteiger partial charge is 0.0619 e. The second-order valence-electron chi connectivity index (χ2n) is 10.7. The van der Waals surface area contributed by atoms with Crippen LogP contribution in [0.3, 0.4) is 0 Å². The summed E-state index contributed by atoms with van der Waals surface area (Å²) in [6.07, 6.45) is 4.58. The van der Waals surface area contributed by atoms with Gasteiger partial charge in [-0.1, -0.05) is 128 Å². The summed E-state index contributed by atoms with van der Waals surface area (Å²) in [5.41, 5.74) is 14.3. The first-order chi connectivity index (χ1) is 18.8. The molecule has 0 saturated carbocycles. The van der Waals surface area contributed by atoms with E-state index in [1.807, 2.05) is 0 Å². The molecule has 1 unspecified atom stereocenters. The first-order valence-corrected chi connectivity index (χ1v) is 13.8. The second kappa shape index (κ2) is 8.30. The van der Waals surface area contributed by atoms with Crippen LogP contribution < -0.4 is 0 Å². The Morgan fingerprint density at radius 2 is 1.26 bits per heavy atom. The zero-order chi connectivity index (χ0) is 25.2. The molecule has 0 fully saturated rings. The van der Waals surface area contributed by atoms with Crippen molar-refractivity contribution >= 4 is 27.6 Å². The summed E-state index contributed by atoms with van der Waals surface area (Å²) in [7, 11) is 0. The number of hydrogen-bond acceptors (Lipinski definition) is 0. The van der Waals surface area contributed by atoms with Gasteiger partial charge in [-0.05, 0) is 90.5 Å². The van der Waals surface area contributed by atoms with E-state index in [2.05, 4.69) is 128 Å². The van der Waals surface area contributed by atoms with Gasteiger partial charge in [-0.15, -0.1) is 0 Å². The van der Waals surface area contributed by atoms with Crippen LogP contribution in [0.1, 0.15) is 47.1 Å². The van der Waals surface area contributed by atoms with E-state index in [4.69, 9.17) is 0 Å². The Morgan fingerprint density at radius 3 is 2.13 bits per heavy atom. The molecule has 0 heteroatoms. The van der Waals surface area contributed by atoms with Crippen molar-refractivity contribution in [2.24, 2.45) is 0 Å². The lowest BCUT2D eigenvalue weighted by Crippen LogP contribution is -2.05. The smallest absolute Gasteiger partial charge is 0.0311 e. The molecule has 0 N–H and O–H groups in total. The van der Waals surface area contributed by atoms with E-state index in [1.54, 1.807) is 0 Å². The summed E-state index contributed by atoms with van der Waals surface area (Å²) in [6.45, 7) is 2.31. The molecule has 8 rings (SSSR count). The first kappa shape index (κ1) is 21.6. The average molecular weight is 485 g/mol. The lowest BCUT2D eigenvalue weighted by Gasteiger charge is -2.21. The fourth-order valence-corrected chi connectivity index (χ4v) is 7.10. The van der Waals surface area contributed by atoms with Gasteiger partial charge < -0.3 is 0 Å². The highest BCUT2D eigenvalue weighted by atomic mass is 14.3. The molecule has 38 heavy (non-hydrogen) atoms. The molecule has 0 amide bonds. The SMILES string of the molecule is CCC1=Cc2c(-c3cc4ccccc4c4ccccc34)cccc2C1c1cccc2c1Cc1ccccc1-2. The summed E-state index contributed by atoms with van der Waals surface area (Å²) in [6, 6.07) is 42.9. The molecular formula is C38H28. The maximum Gasteiger partial charge on any atom is 0.0311 e. The molecule has 1 atom stereocenters. The zero-order valence-electron chi connectivity index (χ0n) is 21.5. The molecular weight excluding hydrogens is 456 g/mol. The first-order valence-electron chi connectivity index (χ1n) is 13.8. The summed E-state index contributed by atoms with van der Waals surface area (Å²) < 4.78 is 0. The van der Waals surface area contributed by atoms with Crippen molar-refractivity contribution < 1.29 is 0 Å². The van der Waals surface area contributed by atoms with Crippen LogP contribution >= 0.6 is 0 Å². The standard InChI is InChI=1S/C38H28/c1-2-24-21-36-32(35-22-25-11-3-5-13-27(25)29-15-7-8-16-31(29)35)18-10-20-33(36)38(24)34-19-9-17-30-28-14-6-4-12-26(28)23-37(30)34/h3-22,38H,2,23H2,1H3. The average Bonchev–Trinajstić information content (AvgIpc) is 3.55. The molecule has 2 aliphatic rings. The van der Waals surface area contributed by atoms with Crippen molar-refractivity contribution in [3.8, 4) is 22.3 Å². The van der Waals surface area contributed by atoms with Gasteiger partial charge in [-0.25, -0.2) is 0 Å². The van der Waals surface area contributed by atoms with Crippen molar-refractivity contribution in [3.63, 3.8) is 0 Å². The monoisotopic (exact) mass is 484 g/mol. The normalized spacial score (nSPS) is 15.4. The van der Waals surface area contributed by atoms with E-state index in [0.29, 0.717) is 5.92 Å². The number of rotatable bonds is 3. The van der Waals surface area contributed by atoms with Gasteiger partial charge >= 0.3 is 0 Å². The molecule has 6 aromatic rings. The number of hydrogen-bond donors (Lipinski definition) is 0. The van der Waals surface area contributed by atoms with Gasteiger partial charge in [-0.3, -0.25) is 0 Å². The van der Waals surface area contributed by atoms with Gasteiger partial charge in [0.15, 0.2) is 0 Å². The van der Waals surface area contributed by atoms with Crippen LogP contribution in [0.4, 0.5) is 0 Å². The van der Waals surface area contributed by atoms with Crippen molar-refractivity contribution in [2.75, 3.05) is 0 Å². The Labute approximate surface area is 223 Å². The van der Waals surface area contributed by atoms with Gasteiger partial charge in [0.05, 0.1) is 0 Å². The highest BCUT2D eigenvalue weighted by molar-refractivity contribution is 6.14. The van der Waals surface area contributed by atoms with Crippen LogP contribution in [0, 0.1) is 0 Å². The third-order valence-electron chi connectivity index (χ3n) is 8.82. The van der Waals surface area contributed by atoms with E-state index in [0.717, 1.165) is 12.8 Å². The topological polar surface area (TPSA) is 0 Å². The molecule has 0 spiro atoms. The molecule has 0 saturated heterocycles. The van der Waals surface area contributed by atoms with Crippen LogP contribution in [-0.4, -0.2) is 0 Å². The third-order valence-corrected chi connectivity index (χ3v) is 8.82. The predicted molar refractivity (Wildman–Crippen MR) is 162 cm³/mol. The Bertz CT molecular complexity index is 1930. The summed E-state index contributed by atoms with van der Waals surface area (Å²) in [4.78, 5) is 0. The summed E-state index contributed by atoms with van der Waals surface area (Å²) in [5.74, 6) is 0.311. The summed E-state index contributed by atoms with van der Waals surface area (Å²) in [5, 5.41) is 5.27. The molecule has 0 aromatic heterocycles. The molecule has 6 aromatic carbocycles. The van der Waals surface area contributed by atoms with Crippen LogP contribution in [0.2, 0.25) is 0 Å². The molecule has 0 radical (unpaired) electrons. The highest BCUT2D eigenvalue weighted by Gasteiger charge is 2.32. The Morgan fingerprint density at radius 1 is 0.579 bits per heavy atom. The minimum absolute atomic E-state index is 0.311. The quantitative estimate of drug-likeness (QED) is 0.219. The number of benzene rings is 6. The van der Waals surface area contributed by atoms with E-state index >= 15 is 0 Å². The van der Waals surface area contributed by atoms with Crippen LogP contribution in [0.15, 0.2) is 121 Å². The van der Waals surface area contributed by atoms with E-state index in [-0.39, 0.29) is 0 Å². The Balaban J connectivity index is 1.35. The minimum atomic E-state index is 0.311. The highest BCUT2D eigenvalue weighted by Crippen LogP contribution is 2.50. The van der Waals surface area contributed by atoms with Gasteiger partial charge in [0, 0.05) is 5.92 Å². The number of fused-ring (bicyclic) bond motifs is 7. The second-order valence-corrected chi connectivity index (χ2v) is 10.7. The fourth-order valence-electron chi connectivity index (χ4n) is 7.10. The van der Waals surface area contributed by atoms with Crippen LogP contribution in [0.25, 0.3) is 49.9 Å². The van der Waals surface area contributed by atoms with E-state index < -0.39 is 0 Å². The maximum atomic E-state index is 2.50. The minimum Gasteiger partial charge on any atom is -0.0619 e. The van der Waals surface area contributed by atoms with Crippen molar-refractivity contribution in [3.05, 3.63) is 149 Å². The number of allylic oxidation sites excluding steroid dienone is 1. The maximum absolute atomic E-state index is 2.50. The van der Waals surface area contributed by atoms with Gasteiger partial charge in [0.2, 0.25) is 0 Å². The molecule has 180 valence electrons. The van der Waals surface area contributed by atoms with E-state index in [9.17, 15) is 0 Å². The zero-order valence-corrected chi connectivity index (χ0v) is 21.5. The molecule has 0 bridgehead atoms. The molecule has 0 heterocycles. The van der Waals surface area contributed by atoms with Crippen molar-refractivity contribution in [2.45, 2.75) is 25.7 Å². The molecule has 2 aliphatic carbocycles. The van der Waals surface area contributed by atoms with E-state index in [1.165, 1.54) is 77.2 Å². The van der Waals surface area contributed by atoms with Crippen molar-refractivity contribution in [1.82, 2.24) is 0 Å². The third kappa shape index (κ3) is 3.04. The van der Waals surface area contributed by atoms with Crippen LogP contribution in [0.5, 0.6) is 0 Å². The van der Waals surface area contributed by atoms with Crippen molar-refractivity contribution in [1.29, 1.82) is 0 Å². The molecule has 0 aliphatic heterocycles. The lowest BCUT2D eigenvalue weighted by molar-refractivity contribution is 0.895.